The van der Waals surface area contributed by atoms with E-state index >= 15 is 0 Å². The Labute approximate surface area is 209 Å². The third-order valence-corrected chi connectivity index (χ3v) is 8.28. The molecule has 8 heteroatoms. The number of piperidine rings is 1. The first-order chi connectivity index (χ1) is 16.9. The van der Waals surface area contributed by atoms with E-state index in [1.54, 1.807) is 13.1 Å². The van der Waals surface area contributed by atoms with E-state index in [9.17, 15) is 9.59 Å². The van der Waals surface area contributed by atoms with Crippen molar-refractivity contribution in [1.29, 1.82) is 0 Å². The number of nitrogens with one attached hydrogen (secondary N) is 1. The van der Waals surface area contributed by atoms with Crippen LogP contribution in [0.25, 0.3) is 0 Å². The Balaban J connectivity index is 1.44. The molecule has 1 aliphatic heterocycles. The van der Waals surface area contributed by atoms with Crippen molar-refractivity contribution in [1.82, 2.24) is 20.2 Å². The van der Waals surface area contributed by atoms with Crippen LogP contribution in [0.1, 0.15) is 63.0 Å². The van der Waals surface area contributed by atoms with Gasteiger partial charge in [-0.15, -0.1) is 11.3 Å². The molecule has 2 aliphatic rings. The summed E-state index contributed by atoms with van der Waals surface area (Å²) in [7, 11) is 0. The summed E-state index contributed by atoms with van der Waals surface area (Å²) < 4.78 is 6.59. The average molecular weight is 491 g/mol. The number of aryl methyl sites for hydroxylation is 2. The van der Waals surface area contributed by atoms with E-state index in [2.05, 4.69) is 27.4 Å². The topological polar surface area (TPSA) is 84.4 Å². The van der Waals surface area contributed by atoms with Crippen LogP contribution in [-0.4, -0.2) is 45.9 Å². The molecule has 3 aromatic rings. The summed E-state index contributed by atoms with van der Waals surface area (Å²) in [6.45, 7) is 6.98. The Morgan fingerprint density at radius 2 is 1.89 bits per heavy atom. The number of hydrogen-bond acceptors (Lipinski definition) is 6. The monoisotopic (exact) mass is 490 g/mol. The standard InChI is InChI=1S/C27H30N4O3S/c1-17-24(35-19(3)29-17)26(33)31-14-11-27(12-15-31)22-10-5-4-9-21(22)23(30-18(2)32)25(27)34-16-20-8-6-7-13-28-20/h4-10,13,23,25H,11-12,14-16H2,1-3H3,(H,30,32)/t23-,25+/m1/s1. The van der Waals surface area contributed by atoms with Gasteiger partial charge < -0.3 is 15.0 Å². The lowest BCUT2D eigenvalue weighted by atomic mass is 9.71. The van der Waals surface area contributed by atoms with Gasteiger partial charge in [0.05, 0.1) is 35.1 Å². The number of pyridine rings is 1. The molecule has 0 saturated carbocycles. The van der Waals surface area contributed by atoms with Crippen LogP contribution in [0.3, 0.4) is 0 Å². The number of carbonyl (C=O) groups excluding carboxylic acids is 2. The van der Waals surface area contributed by atoms with Crippen LogP contribution < -0.4 is 5.32 Å². The van der Waals surface area contributed by atoms with Crippen molar-refractivity contribution in [3.05, 3.63) is 81.1 Å². The van der Waals surface area contributed by atoms with Crippen LogP contribution in [0.15, 0.2) is 48.7 Å². The molecule has 3 heterocycles. The molecule has 2 atom stereocenters. The van der Waals surface area contributed by atoms with Gasteiger partial charge in [0.2, 0.25) is 5.91 Å². The molecule has 5 rings (SSSR count). The molecule has 7 nitrogen and oxygen atoms in total. The fourth-order valence-corrected chi connectivity index (χ4v) is 6.57. The maximum Gasteiger partial charge on any atom is 0.265 e. The first-order valence-electron chi connectivity index (χ1n) is 12.0. The first kappa shape index (κ1) is 23.6. The van der Waals surface area contributed by atoms with Gasteiger partial charge in [-0.2, -0.15) is 0 Å². The molecule has 1 aromatic carbocycles. The number of fused-ring (bicyclic) bond motifs is 2. The van der Waals surface area contributed by atoms with Crippen LogP contribution in [0.5, 0.6) is 0 Å². The lowest BCUT2D eigenvalue weighted by Crippen LogP contribution is -2.51. The molecular formula is C27H30N4O3S. The molecule has 2 amide bonds. The maximum atomic E-state index is 13.3. The second-order valence-corrected chi connectivity index (χ2v) is 10.6. The molecule has 1 saturated heterocycles. The Morgan fingerprint density at radius 1 is 1.14 bits per heavy atom. The second-order valence-electron chi connectivity index (χ2n) is 9.41. The Bertz CT molecular complexity index is 1230. The van der Waals surface area contributed by atoms with Gasteiger partial charge in [0, 0.05) is 31.6 Å². The molecule has 182 valence electrons. The number of benzene rings is 1. The van der Waals surface area contributed by atoms with Gasteiger partial charge in [0.25, 0.3) is 5.91 Å². The third-order valence-electron chi connectivity index (χ3n) is 7.22. The van der Waals surface area contributed by atoms with Gasteiger partial charge in [-0.05, 0) is 49.9 Å². The Kier molecular flexibility index (Phi) is 6.42. The fourth-order valence-electron chi connectivity index (χ4n) is 5.68. The highest BCUT2D eigenvalue weighted by atomic mass is 32.1. The zero-order valence-electron chi connectivity index (χ0n) is 20.3. The molecule has 0 bridgehead atoms. The summed E-state index contributed by atoms with van der Waals surface area (Å²) in [4.78, 5) is 37.0. The molecule has 1 fully saturated rings. The summed E-state index contributed by atoms with van der Waals surface area (Å²) in [6, 6.07) is 13.8. The molecule has 0 radical (unpaired) electrons. The third kappa shape index (κ3) is 4.36. The van der Waals surface area contributed by atoms with E-state index in [-0.39, 0.29) is 29.4 Å². The number of likely N-dealkylation sites (tertiary alicyclic amines) is 1. The van der Waals surface area contributed by atoms with Gasteiger partial charge in [-0.1, -0.05) is 30.3 Å². The number of nitrogens with zero attached hydrogens (tertiary/aromatic N) is 3. The Hall–Kier alpha value is -3.10. The minimum Gasteiger partial charge on any atom is -0.368 e. The SMILES string of the molecule is CC(=O)N[C@@H]1c2ccccc2C2(CCN(C(=O)c3sc(C)nc3C)CC2)[C@H]1OCc1ccccn1. The first-order valence-corrected chi connectivity index (χ1v) is 12.8. The summed E-state index contributed by atoms with van der Waals surface area (Å²) >= 11 is 1.46. The van der Waals surface area contributed by atoms with Crippen LogP contribution in [0, 0.1) is 13.8 Å². The minimum absolute atomic E-state index is 0.0543. The number of ether oxygens (including phenoxy) is 1. The van der Waals surface area contributed by atoms with Crippen LogP contribution >= 0.6 is 11.3 Å². The smallest absolute Gasteiger partial charge is 0.265 e. The lowest BCUT2D eigenvalue weighted by Gasteiger charge is -2.44. The van der Waals surface area contributed by atoms with Crippen LogP contribution in [-0.2, 0) is 21.6 Å². The van der Waals surface area contributed by atoms with E-state index in [0.717, 1.165) is 39.7 Å². The molecule has 1 aliphatic carbocycles. The molecular weight excluding hydrogens is 460 g/mol. The number of rotatable bonds is 5. The fraction of sp³-hybridized carbons (Fsp3) is 0.407. The van der Waals surface area contributed by atoms with Crippen molar-refractivity contribution >= 4 is 23.2 Å². The van der Waals surface area contributed by atoms with Crippen molar-refractivity contribution in [3.63, 3.8) is 0 Å². The average Bonchev–Trinajstić information content (AvgIpc) is 3.32. The zero-order valence-corrected chi connectivity index (χ0v) is 21.1. The normalized spacial score (nSPS) is 20.6. The van der Waals surface area contributed by atoms with Gasteiger partial charge in [0.1, 0.15) is 4.88 Å². The largest absolute Gasteiger partial charge is 0.368 e. The van der Waals surface area contributed by atoms with Crippen LogP contribution in [0.4, 0.5) is 0 Å². The summed E-state index contributed by atoms with van der Waals surface area (Å²) in [5.74, 6) is -0.0319. The number of carbonyl (C=O) groups is 2. The molecule has 1 N–H and O–H groups in total. The highest BCUT2D eigenvalue weighted by molar-refractivity contribution is 7.13. The zero-order chi connectivity index (χ0) is 24.6. The Morgan fingerprint density at radius 3 is 2.54 bits per heavy atom. The molecule has 35 heavy (non-hydrogen) atoms. The minimum atomic E-state index is -0.298. The maximum absolute atomic E-state index is 13.3. The van der Waals surface area contributed by atoms with E-state index in [4.69, 9.17) is 4.74 Å². The number of thiazole rings is 1. The van der Waals surface area contributed by atoms with Gasteiger partial charge >= 0.3 is 0 Å². The summed E-state index contributed by atoms with van der Waals surface area (Å²) in [5.41, 5.74) is 3.66. The number of aromatic nitrogens is 2. The predicted molar refractivity (Wildman–Crippen MR) is 134 cm³/mol. The van der Waals surface area contributed by atoms with E-state index in [1.807, 2.05) is 49.1 Å². The van der Waals surface area contributed by atoms with E-state index < -0.39 is 0 Å². The highest BCUT2D eigenvalue weighted by Crippen LogP contribution is 2.52. The summed E-state index contributed by atoms with van der Waals surface area (Å²) in [5, 5.41) is 4.06. The van der Waals surface area contributed by atoms with E-state index in [1.165, 1.54) is 16.9 Å². The summed E-state index contributed by atoms with van der Waals surface area (Å²) in [6.07, 6.45) is 3.03. The lowest BCUT2D eigenvalue weighted by molar-refractivity contribution is -0.122. The van der Waals surface area contributed by atoms with Crippen molar-refractivity contribution in [2.75, 3.05) is 13.1 Å². The van der Waals surface area contributed by atoms with Crippen molar-refractivity contribution in [2.24, 2.45) is 0 Å². The van der Waals surface area contributed by atoms with E-state index in [0.29, 0.717) is 19.7 Å². The van der Waals surface area contributed by atoms with Crippen molar-refractivity contribution in [2.45, 2.75) is 57.8 Å². The highest BCUT2D eigenvalue weighted by Gasteiger charge is 2.54. The van der Waals surface area contributed by atoms with Crippen LogP contribution in [0.2, 0.25) is 0 Å². The predicted octanol–water partition coefficient (Wildman–Crippen LogP) is 4.11. The molecule has 1 spiro atoms. The van der Waals surface area contributed by atoms with Gasteiger partial charge in [-0.25, -0.2) is 4.98 Å². The van der Waals surface area contributed by atoms with Gasteiger partial charge in [-0.3, -0.25) is 14.6 Å². The number of amides is 2. The molecule has 2 aromatic heterocycles. The van der Waals surface area contributed by atoms with Gasteiger partial charge in [0.15, 0.2) is 0 Å². The quantitative estimate of drug-likeness (QED) is 0.582. The van der Waals surface area contributed by atoms with Crippen molar-refractivity contribution in [3.8, 4) is 0 Å². The number of hydrogen-bond donors (Lipinski definition) is 1. The second kappa shape index (κ2) is 9.51. The van der Waals surface area contributed by atoms with Crippen molar-refractivity contribution < 1.29 is 14.3 Å². The molecule has 0 unspecified atom stereocenters.